The largest absolute Gasteiger partial charge is 0.484 e. The van der Waals surface area contributed by atoms with Gasteiger partial charge in [0.15, 0.2) is 6.61 Å². The van der Waals surface area contributed by atoms with Crippen molar-refractivity contribution < 1.29 is 22.7 Å². The number of hydrogen-bond donors (Lipinski definition) is 1. The average Bonchev–Trinajstić information content (AvgIpc) is 3.26. The first-order valence-corrected chi connectivity index (χ1v) is 8.90. The van der Waals surface area contributed by atoms with E-state index in [1.54, 1.807) is 17.1 Å². The Balaban J connectivity index is 1.63. The molecule has 3 aromatic rings. The highest BCUT2D eigenvalue weighted by atomic mass is 19.4. The summed E-state index contributed by atoms with van der Waals surface area (Å²) in [6.45, 7) is 3.85. The van der Waals surface area contributed by atoms with Gasteiger partial charge < -0.3 is 10.1 Å². The third kappa shape index (κ3) is 5.37. The van der Waals surface area contributed by atoms with Gasteiger partial charge >= 0.3 is 6.18 Å². The lowest BCUT2D eigenvalue weighted by atomic mass is 10.2. The predicted molar refractivity (Wildman–Crippen MR) is 99.9 cm³/mol. The number of hydrogen-bond acceptors (Lipinski definition) is 4. The fourth-order valence-corrected chi connectivity index (χ4v) is 2.74. The number of ether oxygens (including phenoxy) is 1. The molecule has 0 fully saturated rings. The molecule has 2 heterocycles. The zero-order valence-electron chi connectivity index (χ0n) is 15.9. The van der Waals surface area contributed by atoms with Crippen LogP contribution in [-0.2, 0) is 13.1 Å². The van der Waals surface area contributed by atoms with Crippen molar-refractivity contribution in [1.29, 1.82) is 0 Å². The minimum Gasteiger partial charge on any atom is -0.484 e. The van der Waals surface area contributed by atoms with E-state index in [9.17, 15) is 18.0 Å². The van der Waals surface area contributed by atoms with Crippen molar-refractivity contribution >= 4 is 11.6 Å². The summed E-state index contributed by atoms with van der Waals surface area (Å²) in [5, 5.41) is 11.2. The number of carbonyl (C=O) groups is 1. The molecule has 1 aromatic carbocycles. The topological polar surface area (TPSA) is 74.0 Å². The molecule has 10 heteroatoms. The van der Waals surface area contributed by atoms with E-state index in [1.807, 2.05) is 18.5 Å². The number of amides is 1. The number of benzene rings is 1. The first-order valence-electron chi connectivity index (χ1n) is 8.90. The lowest BCUT2D eigenvalue weighted by Crippen LogP contribution is -2.19. The van der Waals surface area contributed by atoms with Crippen LogP contribution in [0.2, 0.25) is 0 Å². The number of carbonyl (C=O) groups excluding carboxylic acids is 1. The van der Waals surface area contributed by atoms with E-state index >= 15 is 0 Å². The van der Waals surface area contributed by atoms with Crippen LogP contribution in [0.5, 0.6) is 5.75 Å². The SMILES string of the molecule is CCn1ncc(Cn2cc(NC(=O)c3cccc(OCC(F)(F)F)c3)cn2)c1C. The molecule has 0 unspecified atom stereocenters. The van der Waals surface area contributed by atoms with Gasteiger partial charge in [0.2, 0.25) is 0 Å². The maximum absolute atomic E-state index is 12.4. The summed E-state index contributed by atoms with van der Waals surface area (Å²) in [6.07, 6.45) is 0.510. The van der Waals surface area contributed by atoms with Gasteiger partial charge in [-0.1, -0.05) is 6.07 Å². The van der Waals surface area contributed by atoms with Gasteiger partial charge in [-0.25, -0.2) is 0 Å². The maximum atomic E-state index is 12.4. The molecule has 2 aromatic heterocycles. The summed E-state index contributed by atoms with van der Waals surface area (Å²) in [5.41, 5.74) is 2.71. The summed E-state index contributed by atoms with van der Waals surface area (Å²) in [4.78, 5) is 12.4. The summed E-state index contributed by atoms with van der Waals surface area (Å²) >= 11 is 0. The van der Waals surface area contributed by atoms with Crippen LogP contribution in [-0.4, -0.2) is 38.3 Å². The summed E-state index contributed by atoms with van der Waals surface area (Å²) < 4.78 is 45.1. The second-order valence-corrected chi connectivity index (χ2v) is 6.38. The summed E-state index contributed by atoms with van der Waals surface area (Å²) in [5.74, 6) is -0.508. The van der Waals surface area contributed by atoms with E-state index in [-0.39, 0.29) is 11.3 Å². The first-order chi connectivity index (χ1) is 13.7. The molecule has 0 aliphatic heterocycles. The molecule has 0 bridgehead atoms. The zero-order chi connectivity index (χ0) is 21.0. The van der Waals surface area contributed by atoms with Crippen LogP contribution in [0.15, 0.2) is 42.9 Å². The molecule has 0 aliphatic carbocycles. The van der Waals surface area contributed by atoms with E-state index in [0.717, 1.165) is 17.8 Å². The van der Waals surface area contributed by atoms with E-state index in [4.69, 9.17) is 0 Å². The van der Waals surface area contributed by atoms with Crippen molar-refractivity contribution in [2.45, 2.75) is 33.1 Å². The molecule has 0 spiro atoms. The Morgan fingerprint density at radius 2 is 2.03 bits per heavy atom. The average molecular weight is 407 g/mol. The van der Waals surface area contributed by atoms with Crippen molar-refractivity contribution in [2.24, 2.45) is 0 Å². The lowest BCUT2D eigenvalue weighted by molar-refractivity contribution is -0.153. The van der Waals surface area contributed by atoms with Gasteiger partial charge in [-0.05, 0) is 32.0 Å². The van der Waals surface area contributed by atoms with Crippen LogP contribution in [0, 0.1) is 6.92 Å². The molecule has 0 aliphatic rings. The van der Waals surface area contributed by atoms with Gasteiger partial charge in [0.1, 0.15) is 5.75 Å². The summed E-state index contributed by atoms with van der Waals surface area (Å²) in [6, 6.07) is 5.56. The number of aryl methyl sites for hydroxylation is 1. The van der Waals surface area contributed by atoms with Gasteiger partial charge in [-0.2, -0.15) is 23.4 Å². The number of alkyl halides is 3. The quantitative estimate of drug-likeness (QED) is 0.649. The second kappa shape index (κ2) is 8.38. The second-order valence-electron chi connectivity index (χ2n) is 6.38. The Kier molecular flexibility index (Phi) is 5.90. The lowest BCUT2D eigenvalue weighted by Gasteiger charge is -2.10. The third-order valence-corrected chi connectivity index (χ3v) is 4.23. The Hall–Kier alpha value is -3.30. The highest BCUT2D eigenvalue weighted by molar-refractivity contribution is 6.04. The number of nitrogens with one attached hydrogen (secondary N) is 1. The van der Waals surface area contributed by atoms with E-state index in [0.29, 0.717) is 12.2 Å². The number of anilines is 1. The van der Waals surface area contributed by atoms with Crippen LogP contribution in [0.3, 0.4) is 0 Å². The molecule has 3 rings (SSSR count). The molecular formula is C19H20F3N5O2. The Morgan fingerprint density at radius 3 is 2.72 bits per heavy atom. The highest BCUT2D eigenvalue weighted by Gasteiger charge is 2.28. The standard InChI is InChI=1S/C19H20F3N5O2/c1-3-27-13(2)15(8-24-27)10-26-11-16(9-23-26)25-18(28)14-5-4-6-17(7-14)29-12-19(20,21)22/h4-9,11H,3,10,12H2,1-2H3,(H,25,28). The molecule has 0 radical (unpaired) electrons. The zero-order valence-corrected chi connectivity index (χ0v) is 15.9. The van der Waals surface area contributed by atoms with Crippen molar-refractivity contribution in [3.05, 3.63) is 59.7 Å². The Labute approximate surface area is 165 Å². The Morgan fingerprint density at radius 1 is 1.24 bits per heavy atom. The fraction of sp³-hybridized carbons (Fsp3) is 0.316. The molecule has 29 heavy (non-hydrogen) atoms. The van der Waals surface area contributed by atoms with Crippen molar-refractivity contribution in [3.63, 3.8) is 0 Å². The molecule has 154 valence electrons. The highest BCUT2D eigenvalue weighted by Crippen LogP contribution is 2.20. The van der Waals surface area contributed by atoms with Crippen LogP contribution in [0.25, 0.3) is 0 Å². The molecule has 0 saturated carbocycles. The van der Waals surface area contributed by atoms with Crippen molar-refractivity contribution in [1.82, 2.24) is 19.6 Å². The monoisotopic (exact) mass is 407 g/mol. The maximum Gasteiger partial charge on any atom is 0.422 e. The van der Waals surface area contributed by atoms with Crippen LogP contribution >= 0.6 is 0 Å². The minimum absolute atomic E-state index is 0.0333. The normalized spacial score (nSPS) is 11.5. The Bertz CT molecular complexity index is 994. The van der Waals surface area contributed by atoms with Gasteiger partial charge in [-0.3, -0.25) is 14.2 Å². The molecule has 0 saturated heterocycles. The van der Waals surface area contributed by atoms with Crippen molar-refractivity contribution in [3.8, 4) is 5.75 Å². The van der Waals surface area contributed by atoms with Crippen LogP contribution in [0.4, 0.5) is 18.9 Å². The van der Waals surface area contributed by atoms with E-state index < -0.39 is 18.7 Å². The number of aromatic nitrogens is 4. The van der Waals surface area contributed by atoms with E-state index in [2.05, 4.69) is 20.3 Å². The molecule has 1 N–H and O–H groups in total. The molecule has 7 nitrogen and oxygen atoms in total. The molecule has 0 atom stereocenters. The van der Waals surface area contributed by atoms with E-state index in [1.165, 1.54) is 30.5 Å². The molecular weight excluding hydrogens is 387 g/mol. The van der Waals surface area contributed by atoms with Crippen LogP contribution in [0.1, 0.15) is 28.5 Å². The van der Waals surface area contributed by atoms with Gasteiger partial charge in [0.05, 0.1) is 24.6 Å². The fourth-order valence-electron chi connectivity index (χ4n) is 2.74. The smallest absolute Gasteiger partial charge is 0.422 e. The third-order valence-electron chi connectivity index (χ3n) is 4.23. The first kappa shape index (κ1) is 20.4. The van der Waals surface area contributed by atoms with Gasteiger partial charge in [0, 0.05) is 29.6 Å². The predicted octanol–water partition coefficient (Wildman–Crippen LogP) is 3.65. The molecule has 1 amide bonds. The number of rotatable bonds is 7. The number of halogens is 3. The number of nitrogens with zero attached hydrogens (tertiary/aromatic N) is 4. The van der Waals surface area contributed by atoms with Gasteiger partial charge in [0.25, 0.3) is 5.91 Å². The minimum atomic E-state index is -4.45. The summed E-state index contributed by atoms with van der Waals surface area (Å²) in [7, 11) is 0. The van der Waals surface area contributed by atoms with Crippen molar-refractivity contribution in [2.75, 3.05) is 11.9 Å². The van der Waals surface area contributed by atoms with Gasteiger partial charge in [-0.15, -0.1) is 0 Å². The van der Waals surface area contributed by atoms with Crippen LogP contribution < -0.4 is 10.1 Å².